The highest BCUT2D eigenvalue weighted by molar-refractivity contribution is 5.72. The number of benzene rings is 1. The van der Waals surface area contributed by atoms with Gasteiger partial charge in [0, 0.05) is 6.42 Å². The molecule has 0 spiro atoms. The monoisotopic (exact) mass is 238 g/mol. The van der Waals surface area contributed by atoms with Crippen molar-refractivity contribution < 1.29 is 19.4 Å². The standard InChI is InChI=1S/C13H18O4/c1-9(2)17-12(13(14)15)8-10-5-4-6-11(7-10)16-3/h4-7,9,12H,8H2,1-3H3,(H,14,15)/t12-/m0/s1. The number of carboxylic acid groups (broad SMARTS) is 1. The minimum atomic E-state index is -0.943. The number of aliphatic carboxylic acids is 1. The maximum absolute atomic E-state index is 11.0. The van der Waals surface area contributed by atoms with Crippen LogP contribution in [0.4, 0.5) is 0 Å². The highest BCUT2D eigenvalue weighted by Gasteiger charge is 2.20. The molecule has 0 bridgehead atoms. The number of hydrogen-bond donors (Lipinski definition) is 1. The Hall–Kier alpha value is -1.55. The van der Waals surface area contributed by atoms with Crippen LogP contribution in [0, 0.1) is 0 Å². The molecule has 94 valence electrons. The van der Waals surface area contributed by atoms with Gasteiger partial charge < -0.3 is 14.6 Å². The van der Waals surface area contributed by atoms with Crippen LogP contribution in [-0.2, 0) is 16.0 Å². The van der Waals surface area contributed by atoms with E-state index in [0.717, 1.165) is 11.3 Å². The topological polar surface area (TPSA) is 55.8 Å². The van der Waals surface area contributed by atoms with E-state index in [1.807, 2.05) is 38.1 Å². The van der Waals surface area contributed by atoms with Crippen molar-refractivity contribution in [3.8, 4) is 5.75 Å². The zero-order valence-electron chi connectivity index (χ0n) is 10.3. The van der Waals surface area contributed by atoms with Crippen LogP contribution in [0.25, 0.3) is 0 Å². The van der Waals surface area contributed by atoms with Crippen LogP contribution in [0.15, 0.2) is 24.3 Å². The van der Waals surface area contributed by atoms with Crippen molar-refractivity contribution in [2.75, 3.05) is 7.11 Å². The highest BCUT2D eigenvalue weighted by atomic mass is 16.5. The van der Waals surface area contributed by atoms with E-state index >= 15 is 0 Å². The molecule has 17 heavy (non-hydrogen) atoms. The first-order chi connectivity index (χ1) is 8.02. The van der Waals surface area contributed by atoms with Gasteiger partial charge in [0.1, 0.15) is 5.75 Å². The Bertz CT molecular complexity index is 373. The largest absolute Gasteiger partial charge is 0.497 e. The number of methoxy groups -OCH3 is 1. The Morgan fingerprint density at radius 3 is 2.65 bits per heavy atom. The summed E-state index contributed by atoms with van der Waals surface area (Å²) in [5, 5.41) is 9.05. The Labute approximate surface area is 101 Å². The van der Waals surface area contributed by atoms with Gasteiger partial charge in [-0.1, -0.05) is 12.1 Å². The van der Waals surface area contributed by atoms with E-state index < -0.39 is 12.1 Å². The molecule has 0 amide bonds. The molecule has 1 atom stereocenters. The smallest absolute Gasteiger partial charge is 0.333 e. The molecule has 0 aromatic heterocycles. The van der Waals surface area contributed by atoms with Gasteiger partial charge in [0.2, 0.25) is 0 Å². The lowest BCUT2D eigenvalue weighted by Gasteiger charge is -2.16. The van der Waals surface area contributed by atoms with Gasteiger partial charge in [0.05, 0.1) is 13.2 Å². The van der Waals surface area contributed by atoms with Crippen molar-refractivity contribution in [2.24, 2.45) is 0 Å². The van der Waals surface area contributed by atoms with Crippen LogP contribution in [0.5, 0.6) is 5.75 Å². The molecule has 0 saturated heterocycles. The van der Waals surface area contributed by atoms with Gasteiger partial charge in [0.25, 0.3) is 0 Å². The summed E-state index contributed by atoms with van der Waals surface area (Å²) in [6.07, 6.45) is -0.589. The molecule has 0 fully saturated rings. The summed E-state index contributed by atoms with van der Waals surface area (Å²) in [4.78, 5) is 11.0. The fourth-order valence-electron chi connectivity index (χ4n) is 1.54. The van der Waals surface area contributed by atoms with Gasteiger partial charge >= 0.3 is 5.97 Å². The maximum Gasteiger partial charge on any atom is 0.333 e. The molecule has 1 N–H and O–H groups in total. The number of carboxylic acids is 1. The van der Waals surface area contributed by atoms with Crippen molar-refractivity contribution in [2.45, 2.75) is 32.5 Å². The Morgan fingerprint density at radius 1 is 1.41 bits per heavy atom. The van der Waals surface area contributed by atoms with Gasteiger partial charge in [-0.05, 0) is 31.5 Å². The predicted molar refractivity (Wildman–Crippen MR) is 64.3 cm³/mol. The second-order valence-corrected chi connectivity index (χ2v) is 4.07. The zero-order valence-corrected chi connectivity index (χ0v) is 10.3. The fourth-order valence-corrected chi connectivity index (χ4v) is 1.54. The second-order valence-electron chi connectivity index (χ2n) is 4.07. The molecule has 0 aliphatic rings. The SMILES string of the molecule is COc1cccc(C[C@H](OC(C)C)C(=O)O)c1. The average Bonchev–Trinajstić information content (AvgIpc) is 2.27. The quantitative estimate of drug-likeness (QED) is 0.824. The third-order valence-electron chi connectivity index (χ3n) is 2.27. The first kappa shape index (κ1) is 13.5. The van der Waals surface area contributed by atoms with E-state index in [9.17, 15) is 4.79 Å². The van der Waals surface area contributed by atoms with Crippen LogP contribution in [0.3, 0.4) is 0 Å². The van der Waals surface area contributed by atoms with Crippen molar-refractivity contribution in [1.29, 1.82) is 0 Å². The summed E-state index contributed by atoms with van der Waals surface area (Å²) in [5.74, 6) is -0.224. The van der Waals surface area contributed by atoms with Crippen LogP contribution in [0.1, 0.15) is 19.4 Å². The first-order valence-electron chi connectivity index (χ1n) is 5.54. The molecule has 1 aromatic carbocycles. The lowest BCUT2D eigenvalue weighted by Crippen LogP contribution is -2.29. The van der Waals surface area contributed by atoms with Crippen molar-refractivity contribution >= 4 is 5.97 Å². The normalized spacial score (nSPS) is 12.5. The van der Waals surface area contributed by atoms with Crippen molar-refractivity contribution in [1.82, 2.24) is 0 Å². The molecule has 0 aliphatic heterocycles. The van der Waals surface area contributed by atoms with Crippen molar-refractivity contribution in [3.05, 3.63) is 29.8 Å². The third-order valence-corrected chi connectivity index (χ3v) is 2.27. The molecule has 0 aliphatic carbocycles. The van der Waals surface area contributed by atoms with E-state index in [1.54, 1.807) is 7.11 Å². The molecule has 0 heterocycles. The molecule has 0 saturated carbocycles. The Morgan fingerprint density at radius 2 is 2.12 bits per heavy atom. The second kappa shape index (κ2) is 6.25. The third kappa shape index (κ3) is 4.44. The minimum Gasteiger partial charge on any atom is -0.497 e. The zero-order chi connectivity index (χ0) is 12.8. The van der Waals surface area contributed by atoms with E-state index in [2.05, 4.69) is 0 Å². The molecule has 0 unspecified atom stereocenters. The number of ether oxygens (including phenoxy) is 2. The molecule has 1 aromatic rings. The number of carbonyl (C=O) groups is 1. The van der Waals surface area contributed by atoms with Gasteiger partial charge in [-0.3, -0.25) is 0 Å². The maximum atomic E-state index is 11.0. The van der Waals surface area contributed by atoms with Crippen LogP contribution >= 0.6 is 0 Å². The molecule has 1 rings (SSSR count). The number of hydrogen-bond acceptors (Lipinski definition) is 3. The highest BCUT2D eigenvalue weighted by Crippen LogP contribution is 2.15. The summed E-state index contributed by atoms with van der Waals surface area (Å²) in [6.45, 7) is 3.64. The molecular weight excluding hydrogens is 220 g/mol. The van der Waals surface area contributed by atoms with Crippen LogP contribution in [0.2, 0.25) is 0 Å². The Balaban J connectivity index is 2.74. The van der Waals surface area contributed by atoms with E-state index in [1.165, 1.54) is 0 Å². The average molecular weight is 238 g/mol. The molecule has 0 radical (unpaired) electrons. The van der Waals surface area contributed by atoms with E-state index in [-0.39, 0.29) is 6.10 Å². The molecule has 4 heteroatoms. The van der Waals surface area contributed by atoms with E-state index in [4.69, 9.17) is 14.6 Å². The summed E-state index contributed by atoms with van der Waals surface area (Å²) < 4.78 is 10.4. The van der Waals surface area contributed by atoms with Crippen LogP contribution in [-0.4, -0.2) is 30.4 Å². The Kier molecular flexibility index (Phi) is 4.97. The minimum absolute atomic E-state index is 0.110. The van der Waals surface area contributed by atoms with E-state index in [0.29, 0.717) is 6.42 Å². The lowest BCUT2D eigenvalue weighted by molar-refractivity contribution is -0.153. The van der Waals surface area contributed by atoms with Gasteiger partial charge in [-0.15, -0.1) is 0 Å². The summed E-state index contributed by atoms with van der Waals surface area (Å²) in [5.41, 5.74) is 0.886. The predicted octanol–water partition coefficient (Wildman–Crippen LogP) is 2.12. The summed E-state index contributed by atoms with van der Waals surface area (Å²) >= 11 is 0. The number of rotatable bonds is 6. The molecule has 4 nitrogen and oxygen atoms in total. The summed E-state index contributed by atoms with van der Waals surface area (Å²) in [7, 11) is 1.58. The van der Waals surface area contributed by atoms with Crippen molar-refractivity contribution in [3.63, 3.8) is 0 Å². The van der Waals surface area contributed by atoms with Crippen LogP contribution < -0.4 is 4.74 Å². The first-order valence-corrected chi connectivity index (χ1v) is 5.54. The molecular formula is C13H18O4. The van der Waals surface area contributed by atoms with Gasteiger partial charge in [-0.25, -0.2) is 4.79 Å². The fraction of sp³-hybridized carbons (Fsp3) is 0.462. The van der Waals surface area contributed by atoms with Gasteiger partial charge in [-0.2, -0.15) is 0 Å². The van der Waals surface area contributed by atoms with Gasteiger partial charge in [0.15, 0.2) is 6.10 Å². The summed E-state index contributed by atoms with van der Waals surface area (Å²) in [6, 6.07) is 7.34. The lowest BCUT2D eigenvalue weighted by atomic mass is 10.1.